The summed E-state index contributed by atoms with van der Waals surface area (Å²) in [5, 5.41) is 0. The fourth-order valence-electron chi connectivity index (χ4n) is 4.94. The van der Waals surface area contributed by atoms with E-state index < -0.39 is 0 Å². The molecule has 4 nitrogen and oxygen atoms in total. The number of ether oxygens (including phenoxy) is 1. The first-order valence-corrected chi connectivity index (χ1v) is 10.7. The minimum absolute atomic E-state index is 0.198. The molecule has 1 atom stereocenters. The van der Waals surface area contributed by atoms with Crippen molar-refractivity contribution in [2.75, 3.05) is 18.1 Å². The van der Waals surface area contributed by atoms with Crippen molar-refractivity contribution in [1.82, 2.24) is 4.98 Å². The number of carbonyl (C=O) groups is 1. The predicted molar refractivity (Wildman–Crippen MR) is 112 cm³/mol. The van der Waals surface area contributed by atoms with Gasteiger partial charge in [-0.3, -0.25) is 0 Å². The first kappa shape index (κ1) is 19.9. The number of halogens is 1. The number of esters is 1. The van der Waals surface area contributed by atoms with Crippen LogP contribution in [-0.2, 0) is 11.3 Å². The Balaban J connectivity index is 1.71. The Morgan fingerprint density at radius 1 is 1.21 bits per heavy atom. The van der Waals surface area contributed by atoms with Gasteiger partial charge >= 0.3 is 5.97 Å². The average Bonchev–Trinajstić information content (AvgIpc) is 2.72. The molecule has 1 aromatic heterocycles. The summed E-state index contributed by atoms with van der Waals surface area (Å²) in [6.07, 6.45) is 8.04. The van der Waals surface area contributed by atoms with Gasteiger partial charge in [0.25, 0.3) is 0 Å². The number of aromatic nitrogens is 1. The molecule has 0 saturated heterocycles. The Bertz CT molecular complexity index is 872. The zero-order valence-electron chi connectivity index (χ0n) is 17.3. The van der Waals surface area contributed by atoms with Gasteiger partial charge in [-0.15, -0.1) is 0 Å². The number of aryl methyl sites for hydroxylation is 1. The van der Waals surface area contributed by atoms with E-state index in [1.807, 2.05) is 25.3 Å². The van der Waals surface area contributed by atoms with E-state index in [1.165, 1.54) is 37.7 Å². The lowest BCUT2D eigenvalue weighted by atomic mass is 9.74. The SMILES string of the molecule is CCOC(=O)c1cc2c(cn1)CN(c1cc(C)cc(F)c1)CC2C1CCCCC1. The second kappa shape index (κ2) is 8.52. The zero-order valence-corrected chi connectivity index (χ0v) is 17.3. The minimum atomic E-state index is -0.360. The van der Waals surface area contributed by atoms with Crippen LogP contribution in [-0.4, -0.2) is 24.1 Å². The summed E-state index contributed by atoms with van der Waals surface area (Å²) in [7, 11) is 0. The number of fused-ring (bicyclic) bond motifs is 1. The molecule has 1 fully saturated rings. The van der Waals surface area contributed by atoms with E-state index in [9.17, 15) is 9.18 Å². The van der Waals surface area contributed by atoms with E-state index in [2.05, 4.69) is 9.88 Å². The molecule has 1 unspecified atom stereocenters. The molecule has 1 saturated carbocycles. The van der Waals surface area contributed by atoms with Gasteiger partial charge in [0.05, 0.1) is 6.61 Å². The van der Waals surface area contributed by atoms with Crippen LogP contribution in [0, 0.1) is 18.7 Å². The maximum atomic E-state index is 14.1. The highest BCUT2D eigenvalue weighted by Crippen LogP contribution is 2.42. The molecule has 4 rings (SSSR count). The van der Waals surface area contributed by atoms with Crippen LogP contribution in [0.15, 0.2) is 30.5 Å². The molecule has 2 aromatic rings. The lowest BCUT2D eigenvalue weighted by Crippen LogP contribution is -2.37. The molecule has 1 aromatic carbocycles. The Labute approximate surface area is 172 Å². The summed E-state index contributed by atoms with van der Waals surface area (Å²) in [4.78, 5) is 18.9. The number of rotatable bonds is 4. The molecule has 0 radical (unpaired) electrons. The smallest absolute Gasteiger partial charge is 0.356 e. The van der Waals surface area contributed by atoms with Crippen LogP contribution in [0.3, 0.4) is 0 Å². The largest absolute Gasteiger partial charge is 0.461 e. The highest BCUT2D eigenvalue weighted by atomic mass is 19.1. The number of pyridine rings is 1. The predicted octanol–water partition coefficient (Wildman–Crippen LogP) is 5.39. The molecule has 0 N–H and O–H groups in total. The van der Waals surface area contributed by atoms with E-state index in [0.29, 0.717) is 30.7 Å². The third-order valence-electron chi connectivity index (χ3n) is 6.30. The van der Waals surface area contributed by atoms with Gasteiger partial charge < -0.3 is 9.64 Å². The second-order valence-electron chi connectivity index (χ2n) is 8.36. The molecule has 29 heavy (non-hydrogen) atoms. The molecule has 154 valence electrons. The lowest BCUT2D eigenvalue weighted by molar-refractivity contribution is 0.0519. The van der Waals surface area contributed by atoms with E-state index >= 15 is 0 Å². The van der Waals surface area contributed by atoms with Crippen molar-refractivity contribution >= 4 is 11.7 Å². The van der Waals surface area contributed by atoms with Gasteiger partial charge in [0, 0.05) is 30.9 Å². The number of hydrogen-bond donors (Lipinski definition) is 0. The number of nitrogens with zero attached hydrogens (tertiary/aromatic N) is 2. The maximum Gasteiger partial charge on any atom is 0.356 e. The van der Waals surface area contributed by atoms with Crippen molar-refractivity contribution in [3.05, 3.63) is 58.7 Å². The molecule has 1 aliphatic carbocycles. The highest BCUT2D eigenvalue weighted by Gasteiger charge is 2.33. The number of carbonyl (C=O) groups excluding carboxylic acids is 1. The summed E-state index contributed by atoms with van der Waals surface area (Å²) in [5.74, 6) is 0.341. The fourth-order valence-corrected chi connectivity index (χ4v) is 4.94. The highest BCUT2D eigenvalue weighted by molar-refractivity contribution is 5.87. The van der Waals surface area contributed by atoms with E-state index in [4.69, 9.17) is 4.74 Å². The van der Waals surface area contributed by atoms with Crippen LogP contribution in [0.1, 0.15) is 72.1 Å². The number of hydrogen-bond acceptors (Lipinski definition) is 4. The van der Waals surface area contributed by atoms with E-state index in [1.54, 1.807) is 19.1 Å². The van der Waals surface area contributed by atoms with Gasteiger partial charge in [-0.05, 0) is 73.6 Å². The Kier molecular flexibility index (Phi) is 5.84. The van der Waals surface area contributed by atoms with Crippen molar-refractivity contribution in [2.24, 2.45) is 5.92 Å². The molecule has 2 aliphatic rings. The second-order valence-corrected chi connectivity index (χ2v) is 8.36. The van der Waals surface area contributed by atoms with Crippen molar-refractivity contribution in [1.29, 1.82) is 0 Å². The van der Waals surface area contributed by atoms with Crippen LogP contribution in [0.4, 0.5) is 10.1 Å². The van der Waals surface area contributed by atoms with Gasteiger partial charge in [0.2, 0.25) is 0 Å². The van der Waals surface area contributed by atoms with Crippen molar-refractivity contribution in [3.63, 3.8) is 0 Å². The average molecular weight is 397 g/mol. The quantitative estimate of drug-likeness (QED) is 0.650. The third-order valence-corrected chi connectivity index (χ3v) is 6.30. The number of anilines is 1. The van der Waals surface area contributed by atoms with Crippen LogP contribution < -0.4 is 4.90 Å². The summed E-state index contributed by atoms with van der Waals surface area (Å²) in [5.41, 5.74) is 4.58. The van der Waals surface area contributed by atoms with Crippen LogP contribution in [0.2, 0.25) is 0 Å². The molecule has 0 amide bonds. The van der Waals surface area contributed by atoms with Crippen LogP contribution in [0.25, 0.3) is 0 Å². The molecule has 2 heterocycles. The molecule has 5 heteroatoms. The Morgan fingerprint density at radius 2 is 2.00 bits per heavy atom. The topological polar surface area (TPSA) is 42.4 Å². The van der Waals surface area contributed by atoms with Crippen molar-refractivity contribution in [2.45, 2.75) is 58.4 Å². The zero-order chi connectivity index (χ0) is 20.4. The summed E-state index contributed by atoms with van der Waals surface area (Å²) in [6, 6.07) is 7.18. The Morgan fingerprint density at radius 3 is 2.72 bits per heavy atom. The van der Waals surface area contributed by atoms with Crippen LogP contribution in [0.5, 0.6) is 0 Å². The van der Waals surface area contributed by atoms with Gasteiger partial charge in [-0.2, -0.15) is 0 Å². The fraction of sp³-hybridized carbons (Fsp3) is 0.500. The third kappa shape index (κ3) is 4.29. The molecular weight excluding hydrogens is 367 g/mol. The van der Waals surface area contributed by atoms with E-state index in [0.717, 1.165) is 23.4 Å². The van der Waals surface area contributed by atoms with Gasteiger partial charge in [-0.1, -0.05) is 19.3 Å². The standard InChI is InChI=1S/C24H29FN2O2/c1-3-29-24(28)23-12-21-18(13-26-23)14-27(20-10-16(2)9-19(25)11-20)15-22(21)17-7-5-4-6-8-17/h9-13,17,22H,3-8,14-15H2,1-2H3. The normalized spacial score (nSPS) is 19.7. The van der Waals surface area contributed by atoms with Gasteiger partial charge in [0.1, 0.15) is 11.5 Å². The molecule has 1 aliphatic heterocycles. The molecule has 0 bridgehead atoms. The summed E-state index contributed by atoms with van der Waals surface area (Å²) >= 11 is 0. The van der Waals surface area contributed by atoms with Crippen molar-refractivity contribution in [3.8, 4) is 0 Å². The first-order chi connectivity index (χ1) is 14.0. The van der Waals surface area contributed by atoms with Crippen molar-refractivity contribution < 1.29 is 13.9 Å². The van der Waals surface area contributed by atoms with Gasteiger partial charge in [0.15, 0.2) is 0 Å². The van der Waals surface area contributed by atoms with Crippen LogP contribution >= 0.6 is 0 Å². The Hall–Kier alpha value is -2.43. The van der Waals surface area contributed by atoms with E-state index in [-0.39, 0.29) is 11.8 Å². The number of benzene rings is 1. The molecule has 0 spiro atoms. The summed E-state index contributed by atoms with van der Waals surface area (Å²) < 4.78 is 19.2. The maximum absolute atomic E-state index is 14.1. The summed E-state index contributed by atoms with van der Waals surface area (Å²) in [6.45, 7) is 5.59. The minimum Gasteiger partial charge on any atom is -0.461 e. The molecular formula is C24H29FN2O2. The first-order valence-electron chi connectivity index (χ1n) is 10.7. The monoisotopic (exact) mass is 396 g/mol. The lowest BCUT2D eigenvalue weighted by Gasteiger charge is -2.41. The van der Waals surface area contributed by atoms with Gasteiger partial charge in [-0.25, -0.2) is 14.2 Å².